The number of hydrogen-bond acceptors (Lipinski definition) is 4. The van der Waals surface area contributed by atoms with Crippen LogP contribution in [0.2, 0.25) is 5.02 Å². The van der Waals surface area contributed by atoms with E-state index in [1.54, 1.807) is 0 Å². The van der Waals surface area contributed by atoms with Crippen LogP contribution in [0.5, 0.6) is 0 Å². The van der Waals surface area contributed by atoms with E-state index in [9.17, 15) is 0 Å². The molecule has 2 aromatic rings. The van der Waals surface area contributed by atoms with E-state index in [1.807, 2.05) is 25.1 Å². The second-order valence-electron chi connectivity index (χ2n) is 4.42. The van der Waals surface area contributed by atoms with Gasteiger partial charge >= 0.3 is 0 Å². The van der Waals surface area contributed by atoms with Crippen LogP contribution in [0.4, 0.5) is 17.3 Å². The van der Waals surface area contributed by atoms with Gasteiger partial charge in [0.05, 0.1) is 0 Å². The van der Waals surface area contributed by atoms with E-state index in [1.165, 1.54) is 6.33 Å². The molecular weight excluding hydrogens is 260 g/mol. The average molecular weight is 277 g/mol. The molecule has 19 heavy (non-hydrogen) atoms. The maximum atomic E-state index is 6.02. The Labute approximate surface area is 118 Å². The summed E-state index contributed by atoms with van der Waals surface area (Å²) in [6, 6.07) is 5.71. The highest BCUT2D eigenvalue weighted by Gasteiger charge is 2.09. The van der Waals surface area contributed by atoms with Gasteiger partial charge in [0, 0.05) is 16.3 Å². The van der Waals surface area contributed by atoms with E-state index in [4.69, 9.17) is 17.3 Å². The monoisotopic (exact) mass is 276 g/mol. The molecule has 0 spiro atoms. The van der Waals surface area contributed by atoms with E-state index in [2.05, 4.69) is 22.2 Å². The number of nitrogens with one attached hydrogen (secondary N) is 1. The third kappa shape index (κ3) is 3.15. The summed E-state index contributed by atoms with van der Waals surface area (Å²) in [5.41, 5.74) is 8.89. The maximum Gasteiger partial charge on any atom is 0.139 e. The number of rotatable bonds is 4. The molecule has 0 bridgehead atoms. The summed E-state index contributed by atoms with van der Waals surface area (Å²) in [4.78, 5) is 8.32. The highest BCUT2D eigenvalue weighted by Crippen LogP contribution is 2.27. The lowest BCUT2D eigenvalue weighted by molar-refractivity contribution is 0.908. The summed E-state index contributed by atoms with van der Waals surface area (Å²) >= 11 is 6.02. The molecule has 1 aromatic heterocycles. The van der Waals surface area contributed by atoms with Crippen molar-refractivity contribution in [3.63, 3.8) is 0 Å². The number of anilines is 3. The lowest BCUT2D eigenvalue weighted by Gasteiger charge is -2.13. The molecule has 1 heterocycles. The SMILES string of the molecule is CCCc1c(N)ncnc1Nc1cc(Cl)ccc1C. The van der Waals surface area contributed by atoms with Gasteiger partial charge in [0.2, 0.25) is 0 Å². The molecule has 0 atom stereocenters. The minimum absolute atomic E-state index is 0.527. The number of aryl methyl sites for hydroxylation is 1. The van der Waals surface area contributed by atoms with Crippen LogP contribution in [0.3, 0.4) is 0 Å². The van der Waals surface area contributed by atoms with Crippen LogP contribution < -0.4 is 11.1 Å². The minimum atomic E-state index is 0.527. The van der Waals surface area contributed by atoms with Crippen LogP contribution >= 0.6 is 11.6 Å². The van der Waals surface area contributed by atoms with Crippen LogP contribution in [0.15, 0.2) is 24.5 Å². The normalized spacial score (nSPS) is 10.5. The van der Waals surface area contributed by atoms with Gasteiger partial charge in [-0.1, -0.05) is 31.0 Å². The van der Waals surface area contributed by atoms with Crippen molar-refractivity contribution < 1.29 is 0 Å². The molecule has 0 radical (unpaired) electrons. The summed E-state index contributed by atoms with van der Waals surface area (Å²) in [5.74, 6) is 1.28. The molecule has 3 N–H and O–H groups in total. The van der Waals surface area contributed by atoms with Crippen molar-refractivity contribution in [1.82, 2.24) is 9.97 Å². The summed E-state index contributed by atoms with van der Waals surface area (Å²) in [7, 11) is 0. The molecule has 0 amide bonds. The van der Waals surface area contributed by atoms with E-state index >= 15 is 0 Å². The summed E-state index contributed by atoms with van der Waals surface area (Å²) < 4.78 is 0. The Balaban J connectivity index is 2.37. The number of aromatic nitrogens is 2. The number of nitrogens with zero attached hydrogens (tertiary/aromatic N) is 2. The standard InChI is InChI=1S/C14H17ClN4/c1-3-4-11-13(16)17-8-18-14(11)19-12-7-10(15)6-5-9(12)2/h5-8H,3-4H2,1-2H3,(H3,16,17,18,19). The van der Waals surface area contributed by atoms with Gasteiger partial charge in [-0.15, -0.1) is 0 Å². The minimum Gasteiger partial charge on any atom is -0.383 e. The van der Waals surface area contributed by atoms with Crippen molar-refractivity contribution in [3.8, 4) is 0 Å². The first kappa shape index (κ1) is 13.6. The van der Waals surface area contributed by atoms with Crippen molar-refractivity contribution in [3.05, 3.63) is 40.7 Å². The van der Waals surface area contributed by atoms with Gasteiger partial charge in [-0.3, -0.25) is 0 Å². The second kappa shape index (κ2) is 5.89. The topological polar surface area (TPSA) is 63.8 Å². The third-order valence-electron chi connectivity index (χ3n) is 2.93. The van der Waals surface area contributed by atoms with Gasteiger partial charge in [-0.05, 0) is 31.0 Å². The zero-order chi connectivity index (χ0) is 13.8. The average Bonchev–Trinajstić information content (AvgIpc) is 2.38. The molecule has 0 unspecified atom stereocenters. The first-order chi connectivity index (χ1) is 9.11. The van der Waals surface area contributed by atoms with Crippen LogP contribution in [-0.4, -0.2) is 9.97 Å². The number of nitrogens with two attached hydrogens (primary N) is 1. The summed E-state index contributed by atoms with van der Waals surface area (Å²) in [6.45, 7) is 4.11. The van der Waals surface area contributed by atoms with Gasteiger partial charge in [-0.2, -0.15) is 0 Å². The Morgan fingerprint density at radius 3 is 2.84 bits per heavy atom. The highest BCUT2D eigenvalue weighted by molar-refractivity contribution is 6.30. The van der Waals surface area contributed by atoms with Gasteiger partial charge in [0.25, 0.3) is 0 Å². The summed E-state index contributed by atoms with van der Waals surface area (Å²) in [5, 5.41) is 3.98. The smallest absolute Gasteiger partial charge is 0.139 e. The van der Waals surface area contributed by atoms with Crippen LogP contribution in [0, 0.1) is 6.92 Å². The molecule has 0 fully saturated rings. The zero-order valence-corrected chi connectivity index (χ0v) is 11.8. The van der Waals surface area contributed by atoms with Gasteiger partial charge in [0.1, 0.15) is 18.0 Å². The molecule has 4 nitrogen and oxygen atoms in total. The molecule has 0 aliphatic rings. The van der Waals surface area contributed by atoms with Gasteiger partial charge in [0.15, 0.2) is 0 Å². The molecule has 100 valence electrons. The first-order valence-electron chi connectivity index (χ1n) is 6.24. The molecule has 5 heteroatoms. The van der Waals surface area contributed by atoms with Crippen LogP contribution in [0.1, 0.15) is 24.5 Å². The molecule has 0 aliphatic heterocycles. The lowest BCUT2D eigenvalue weighted by atomic mass is 10.1. The molecular formula is C14H17ClN4. The lowest BCUT2D eigenvalue weighted by Crippen LogP contribution is -2.05. The Morgan fingerprint density at radius 1 is 1.32 bits per heavy atom. The van der Waals surface area contributed by atoms with Gasteiger partial charge in [-0.25, -0.2) is 9.97 Å². The van der Waals surface area contributed by atoms with Crippen molar-refractivity contribution in [2.24, 2.45) is 0 Å². The predicted octanol–water partition coefficient (Wildman–Crippen LogP) is 3.72. The third-order valence-corrected chi connectivity index (χ3v) is 3.17. The highest BCUT2D eigenvalue weighted by atomic mass is 35.5. The number of benzene rings is 1. The zero-order valence-electron chi connectivity index (χ0n) is 11.1. The van der Waals surface area contributed by atoms with Crippen molar-refractivity contribution in [2.75, 3.05) is 11.1 Å². The van der Waals surface area contributed by atoms with Crippen molar-refractivity contribution >= 4 is 28.9 Å². The molecule has 0 aliphatic carbocycles. The van der Waals surface area contributed by atoms with Crippen LogP contribution in [-0.2, 0) is 6.42 Å². The summed E-state index contributed by atoms with van der Waals surface area (Å²) in [6.07, 6.45) is 3.30. The first-order valence-corrected chi connectivity index (χ1v) is 6.62. The van der Waals surface area contributed by atoms with Crippen LogP contribution in [0.25, 0.3) is 0 Å². The van der Waals surface area contributed by atoms with E-state index in [0.717, 1.165) is 35.5 Å². The second-order valence-corrected chi connectivity index (χ2v) is 4.86. The van der Waals surface area contributed by atoms with E-state index < -0.39 is 0 Å². The number of hydrogen-bond donors (Lipinski definition) is 2. The van der Waals surface area contributed by atoms with E-state index in [0.29, 0.717) is 10.8 Å². The number of nitrogen functional groups attached to an aromatic ring is 1. The fourth-order valence-electron chi connectivity index (χ4n) is 1.89. The Morgan fingerprint density at radius 2 is 2.11 bits per heavy atom. The Hall–Kier alpha value is -1.81. The fourth-order valence-corrected chi connectivity index (χ4v) is 2.06. The number of halogens is 1. The largest absolute Gasteiger partial charge is 0.383 e. The van der Waals surface area contributed by atoms with Crippen molar-refractivity contribution in [1.29, 1.82) is 0 Å². The fraction of sp³-hybridized carbons (Fsp3) is 0.286. The predicted molar refractivity (Wildman–Crippen MR) is 79.9 cm³/mol. The Kier molecular flexibility index (Phi) is 4.22. The van der Waals surface area contributed by atoms with Crippen molar-refractivity contribution in [2.45, 2.75) is 26.7 Å². The molecule has 0 saturated carbocycles. The van der Waals surface area contributed by atoms with Gasteiger partial charge < -0.3 is 11.1 Å². The molecule has 2 rings (SSSR count). The molecule has 0 saturated heterocycles. The Bertz CT molecular complexity index is 584. The quantitative estimate of drug-likeness (QED) is 0.893. The molecule has 1 aromatic carbocycles. The maximum absolute atomic E-state index is 6.02. The van der Waals surface area contributed by atoms with E-state index in [-0.39, 0.29) is 0 Å².